The van der Waals surface area contributed by atoms with Crippen LogP contribution in [0, 0.1) is 0 Å². The number of ketones is 1. The van der Waals surface area contributed by atoms with Crippen LogP contribution in [-0.4, -0.2) is 22.5 Å². The van der Waals surface area contributed by atoms with Crippen molar-refractivity contribution in [1.29, 1.82) is 0 Å². The minimum atomic E-state index is 0.0366. The summed E-state index contributed by atoms with van der Waals surface area (Å²) in [5, 5.41) is 5.43. The lowest BCUT2D eigenvalue weighted by molar-refractivity contribution is 0.0978. The molecule has 1 aromatic heterocycles. The average molecular weight is 248 g/mol. The van der Waals surface area contributed by atoms with Crippen LogP contribution in [-0.2, 0) is 6.42 Å². The monoisotopic (exact) mass is 248 g/mol. The summed E-state index contributed by atoms with van der Waals surface area (Å²) in [4.78, 5) is 11.7. The molecule has 2 aromatic rings. The largest absolute Gasteiger partial charge is 0.497 e. The van der Waals surface area contributed by atoms with Crippen molar-refractivity contribution < 1.29 is 9.53 Å². The number of hydrogen-bond acceptors (Lipinski definition) is 5. The molecule has 0 bridgehead atoms. The van der Waals surface area contributed by atoms with Crippen LogP contribution in [0.4, 0.5) is 0 Å². The molecule has 0 aliphatic rings. The first-order valence-electron chi connectivity index (χ1n) is 5.23. The van der Waals surface area contributed by atoms with E-state index < -0.39 is 0 Å². The van der Waals surface area contributed by atoms with Crippen molar-refractivity contribution in [2.75, 3.05) is 7.11 Å². The van der Waals surface area contributed by atoms with Gasteiger partial charge in [0.25, 0.3) is 0 Å². The number of nitrogens with zero attached hydrogens (tertiary/aromatic N) is 2. The van der Waals surface area contributed by atoms with E-state index in [4.69, 9.17) is 4.74 Å². The number of aromatic nitrogens is 2. The molecule has 0 amide bonds. The normalized spacial score (nSPS) is 10.2. The Morgan fingerprint density at radius 3 is 2.71 bits per heavy atom. The minimum Gasteiger partial charge on any atom is -0.497 e. The number of aryl methyl sites for hydroxylation is 1. The summed E-state index contributed by atoms with van der Waals surface area (Å²) in [5.41, 5.74) is 1.57. The Labute approximate surface area is 103 Å². The molecule has 1 aromatic carbocycles. The maximum atomic E-state index is 11.7. The second kappa shape index (κ2) is 5.54. The van der Waals surface area contributed by atoms with Gasteiger partial charge in [-0.3, -0.25) is 4.79 Å². The van der Waals surface area contributed by atoms with Crippen molar-refractivity contribution in [3.05, 3.63) is 40.9 Å². The molecule has 17 heavy (non-hydrogen) atoms. The highest BCUT2D eigenvalue weighted by atomic mass is 32.1. The molecule has 0 radical (unpaired) electrons. The topological polar surface area (TPSA) is 52.1 Å². The fourth-order valence-corrected chi connectivity index (χ4v) is 1.92. The Hall–Kier alpha value is -1.75. The Balaban J connectivity index is 1.91. The van der Waals surface area contributed by atoms with Gasteiger partial charge in [0, 0.05) is 11.8 Å². The van der Waals surface area contributed by atoms with Gasteiger partial charge in [0.05, 0.1) is 7.11 Å². The summed E-state index contributed by atoms with van der Waals surface area (Å²) < 4.78 is 8.75. The maximum absolute atomic E-state index is 11.7. The van der Waals surface area contributed by atoms with Gasteiger partial charge in [-0.05, 0) is 35.6 Å². The predicted octanol–water partition coefficient (Wildman–Crippen LogP) is 2.36. The molecular weight excluding hydrogens is 236 g/mol. The summed E-state index contributed by atoms with van der Waals surface area (Å²) >= 11 is 1.20. The third-order valence-corrected chi connectivity index (χ3v) is 2.95. The van der Waals surface area contributed by atoms with Gasteiger partial charge in [-0.2, -0.15) is 0 Å². The van der Waals surface area contributed by atoms with Gasteiger partial charge >= 0.3 is 0 Å². The lowest BCUT2D eigenvalue weighted by Gasteiger charge is -2.02. The van der Waals surface area contributed by atoms with Crippen molar-refractivity contribution in [3.8, 4) is 5.75 Å². The number of Topliss-reactive ketones (excluding diaryl/α,β-unsaturated/α-hetero) is 1. The van der Waals surface area contributed by atoms with Gasteiger partial charge in [0.2, 0.25) is 0 Å². The minimum absolute atomic E-state index is 0.0366. The third-order valence-electron chi connectivity index (χ3n) is 2.45. The number of carbonyl (C=O) groups is 1. The predicted molar refractivity (Wildman–Crippen MR) is 65.6 cm³/mol. The summed E-state index contributed by atoms with van der Waals surface area (Å²) in [5.74, 6) is 0.860. The first kappa shape index (κ1) is 11.7. The highest BCUT2D eigenvalue weighted by Gasteiger charge is 2.08. The number of ether oxygens (including phenoxy) is 1. The molecule has 0 saturated heterocycles. The average Bonchev–Trinajstić information content (AvgIpc) is 2.90. The van der Waals surface area contributed by atoms with Gasteiger partial charge in [-0.15, -0.1) is 5.10 Å². The molecule has 88 valence electrons. The number of hydrogen-bond donors (Lipinski definition) is 0. The zero-order chi connectivity index (χ0) is 12.1. The highest BCUT2D eigenvalue weighted by molar-refractivity contribution is 7.03. The van der Waals surface area contributed by atoms with E-state index in [0.29, 0.717) is 18.5 Å². The van der Waals surface area contributed by atoms with E-state index in [1.165, 1.54) is 11.5 Å². The Morgan fingerprint density at radius 1 is 1.35 bits per heavy atom. The van der Waals surface area contributed by atoms with E-state index in [1.54, 1.807) is 12.5 Å². The first-order chi connectivity index (χ1) is 8.29. The summed E-state index contributed by atoms with van der Waals surface area (Å²) in [7, 11) is 1.63. The molecule has 0 N–H and O–H groups in total. The van der Waals surface area contributed by atoms with Gasteiger partial charge in [0.15, 0.2) is 5.78 Å². The first-order valence-corrected chi connectivity index (χ1v) is 6.06. The van der Waals surface area contributed by atoms with Gasteiger partial charge in [-0.1, -0.05) is 16.6 Å². The quantitative estimate of drug-likeness (QED) is 0.762. The Morgan fingerprint density at radius 2 is 2.12 bits per heavy atom. The fourth-order valence-electron chi connectivity index (χ4n) is 1.46. The van der Waals surface area contributed by atoms with Crippen LogP contribution < -0.4 is 4.74 Å². The Kier molecular flexibility index (Phi) is 3.82. The Bertz CT molecular complexity index is 480. The van der Waals surface area contributed by atoms with Crippen molar-refractivity contribution in [2.45, 2.75) is 12.8 Å². The molecule has 1 heterocycles. The number of benzene rings is 1. The van der Waals surface area contributed by atoms with E-state index in [1.807, 2.05) is 24.3 Å². The molecule has 2 rings (SSSR count). The van der Waals surface area contributed by atoms with E-state index in [9.17, 15) is 4.79 Å². The van der Waals surface area contributed by atoms with Crippen LogP contribution in [0.1, 0.15) is 22.5 Å². The zero-order valence-electron chi connectivity index (χ0n) is 9.42. The lowest BCUT2D eigenvalue weighted by Crippen LogP contribution is -2.01. The van der Waals surface area contributed by atoms with E-state index in [2.05, 4.69) is 9.59 Å². The van der Waals surface area contributed by atoms with Gasteiger partial charge < -0.3 is 4.74 Å². The summed E-state index contributed by atoms with van der Waals surface area (Å²) in [6, 6.07) is 7.71. The van der Waals surface area contributed by atoms with Gasteiger partial charge in [-0.25, -0.2) is 0 Å². The second-order valence-electron chi connectivity index (χ2n) is 3.56. The molecule has 5 heteroatoms. The smallest absolute Gasteiger partial charge is 0.184 e. The summed E-state index contributed by atoms with van der Waals surface area (Å²) in [6.45, 7) is 0. The van der Waals surface area contributed by atoms with Crippen LogP contribution in [0.3, 0.4) is 0 Å². The molecular formula is C12H12N2O2S. The molecule has 0 aliphatic heterocycles. The standard InChI is InChI=1S/C12H12N2O2S/c1-16-10-5-2-9(3-6-10)4-7-12(15)11-8-17-14-13-11/h2-3,5-6,8H,4,7H2,1H3. The van der Waals surface area contributed by atoms with Crippen LogP contribution in [0.25, 0.3) is 0 Å². The van der Waals surface area contributed by atoms with Crippen molar-refractivity contribution in [2.24, 2.45) is 0 Å². The SMILES string of the molecule is COc1ccc(CCC(=O)c2csnn2)cc1. The second-order valence-corrected chi connectivity index (χ2v) is 4.17. The zero-order valence-corrected chi connectivity index (χ0v) is 10.2. The van der Waals surface area contributed by atoms with E-state index >= 15 is 0 Å². The summed E-state index contributed by atoms with van der Waals surface area (Å²) in [6.07, 6.45) is 1.16. The van der Waals surface area contributed by atoms with Crippen LogP contribution in [0.15, 0.2) is 29.6 Å². The molecule has 0 saturated carbocycles. The van der Waals surface area contributed by atoms with Crippen LogP contribution in [0.5, 0.6) is 5.75 Å². The van der Waals surface area contributed by atoms with Crippen molar-refractivity contribution in [1.82, 2.24) is 9.59 Å². The van der Waals surface area contributed by atoms with Crippen LogP contribution in [0.2, 0.25) is 0 Å². The maximum Gasteiger partial charge on any atom is 0.184 e. The lowest BCUT2D eigenvalue weighted by atomic mass is 10.1. The van der Waals surface area contributed by atoms with Crippen molar-refractivity contribution in [3.63, 3.8) is 0 Å². The molecule has 0 aliphatic carbocycles. The molecule has 0 atom stereocenters. The number of carbonyl (C=O) groups excluding carboxylic acids is 1. The van der Waals surface area contributed by atoms with Gasteiger partial charge in [0.1, 0.15) is 11.4 Å². The molecule has 0 fully saturated rings. The van der Waals surface area contributed by atoms with E-state index in [0.717, 1.165) is 11.3 Å². The third kappa shape index (κ3) is 3.10. The van der Waals surface area contributed by atoms with Crippen LogP contribution >= 0.6 is 11.5 Å². The fraction of sp³-hybridized carbons (Fsp3) is 0.250. The number of methoxy groups -OCH3 is 1. The highest BCUT2D eigenvalue weighted by Crippen LogP contribution is 2.13. The number of rotatable bonds is 5. The molecule has 0 unspecified atom stereocenters. The van der Waals surface area contributed by atoms with E-state index in [-0.39, 0.29) is 5.78 Å². The van der Waals surface area contributed by atoms with Crippen molar-refractivity contribution >= 4 is 17.3 Å². The molecule has 0 spiro atoms. The molecule has 4 nitrogen and oxygen atoms in total.